The fourth-order valence-corrected chi connectivity index (χ4v) is 3.05. The Balaban J connectivity index is 2.64. The molecule has 0 fully saturated rings. The molecule has 0 bridgehead atoms. The van der Waals surface area contributed by atoms with Crippen LogP contribution in [0.3, 0.4) is 0 Å². The fourth-order valence-electron chi connectivity index (χ4n) is 1.86. The van der Waals surface area contributed by atoms with Gasteiger partial charge in [0, 0.05) is 10.6 Å². The third kappa shape index (κ3) is 2.98. The number of rotatable bonds is 4. The van der Waals surface area contributed by atoms with Crippen LogP contribution in [0.4, 0.5) is 0 Å². The van der Waals surface area contributed by atoms with Crippen LogP contribution in [0.15, 0.2) is 54.6 Å². The van der Waals surface area contributed by atoms with Gasteiger partial charge in [0.25, 0.3) is 10.1 Å². The zero-order valence-electron chi connectivity index (χ0n) is 10.6. The van der Waals surface area contributed by atoms with E-state index in [1.807, 2.05) is 0 Å². The van der Waals surface area contributed by atoms with Crippen LogP contribution in [0, 0.1) is 0 Å². The first-order chi connectivity index (χ1) is 9.76. The van der Waals surface area contributed by atoms with Crippen molar-refractivity contribution < 1.29 is 17.8 Å². The molecule has 1 unspecified atom stereocenters. The average molecular weight is 343 g/mol. The summed E-state index contributed by atoms with van der Waals surface area (Å²) in [6.07, 6.45) is 0. The Morgan fingerprint density at radius 1 is 1.05 bits per heavy atom. The van der Waals surface area contributed by atoms with Crippen LogP contribution in [0.5, 0.6) is 0 Å². The zero-order chi connectivity index (χ0) is 15.7. The molecule has 0 saturated carbocycles. The monoisotopic (exact) mass is 342 g/mol. The largest absolute Gasteiger partial charge is 0.292 e. The summed E-state index contributed by atoms with van der Waals surface area (Å²) >= 11 is 9.75. The zero-order valence-corrected chi connectivity index (χ0v) is 13.1. The van der Waals surface area contributed by atoms with E-state index in [1.54, 1.807) is 18.2 Å². The molecule has 110 valence electrons. The van der Waals surface area contributed by atoms with Gasteiger partial charge in [0.15, 0.2) is 0 Å². The lowest BCUT2D eigenvalue weighted by Crippen LogP contribution is -2.38. The second-order valence-corrected chi connectivity index (χ2v) is 7.29. The predicted molar refractivity (Wildman–Crippen MR) is 84.4 cm³/mol. The summed E-state index contributed by atoms with van der Waals surface area (Å²) in [7, 11) is -4.81. The Kier molecular flexibility index (Phi) is 4.43. The van der Waals surface area contributed by atoms with Gasteiger partial charge < -0.3 is 0 Å². The van der Waals surface area contributed by atoms with Crippen LogP contribution in [-0.4, -0.2) is 18.8 Å². The lowest BCUT2D eigenvalue weighted by Gasteiger charge is -2.24. The molecule has 0 radical (unpaired) electrons. The first-order valence-corrected chi connectivity index (χ1v) is 8.08. The van der Waals surface area contributed by atoms with E-state index in [9.17, 15) is 17.8 Å². The van der Waals surface area contributed by atoms with Gasteiger partial charge in [-0.3, -0.25) is 9.35 Å². The topological polar surface area (TPSA) is 71.4 Å². The van der Waals surface area contributed by atoms with Crippen molar-refractivity contribution in [1.82, 2.24) is 0 Å². The fraction of sp³-hybridized carbons (Fsp3) is 0.0714. The third-order valence-electron chi connectivity index (χ3n) is 2.95. The Bertz CT molecular complexity index is 757. The molecule has 21 heavy (non-hydrogen) atoms. The smallest absolute Gasteiger partial charge is 0.291 e. The van der Waals surface area contributed by atoms with Crippen molar-refractivity contribution in [2.24, 2.45) is 0 Å². The quantitative estimate of drug-likeness (QED) is 0.508. The molecule has 4 nitrogen and oxygen atoms in total. The number of benzene rings is 2. The summed E-state index contributed by atoms with van der Waals surface area (Å²) in [5, 5.41) is 0.372. The molecule has 7 heteroatoms. The minimum atomic E-state index is -4.81. The van der Waals surface area contributed by atoms with Gasteiger partial charge in [-0.05, 0) is 17.7 Å². The summed E-state index contributed by atoms with van der Waals surface area (Å²) in [5.74, 6) is -0.837. The first kappa shape index (κ1) is 16.0. The molecule has 1 N–H and O–H groups in total. The lowest BCUT2D eigenvalue weighted by atomic mass is 10.0. The molecule has 0 heterocycles. The molecule has 1 atom stereocenters. The second-order valence-electron chi connectivity index (χ2n) is 4.32. The van der Waals surface area contributed by atoms with Gasteiger partial charge in [-0.25, -0.2) is 0 Å². The molecule has 0 spiro atoms. The highest BCUT2D eigenvalue weighted by atomic mass is 35.5. The molecular weight excluding hydrogens is 332 g/mol. The van der Waals surface area contributed by atoms with Crippen LogP contribution in [0.25, 0.3) is 0 Å². The number of ketones is 1. The molecule has 0 aliphatic carbocycles. The summed E-state index contributed by atoms with van der Waals surface area (Å²) in [6, 6.07) is 13.3. The number of halogens is 1. The van der Waals surface area contributed by atoms with Crippen LogP contribution in [0.2, 0.25) is 5.02 Å². The number of Topliss-reactive ketones (excluding diaryl/α,β-unsaturated/α-hetero) is 1. The first-order valence-electron chi connectivity index (χ1n) is 5.82. The van der Waals surface area contributed by atoms with E-state index in [0.29, 0.717) is 5.02 Å². The maximum atomic E-state index is 12.6. The minimum Gasteiger partial charge on any atom is -0.291 e. The molecule has 0 saturated heterocycles. The Morgan fingerprint density at radius 3 is 2.05 bits per heavy atom. The van der Waals surface area contributed by atoms with Gasteiger partial charge in [0.1, 0.15) is 0 Å². The van der Waals surface area contributed by atoms with Gasteiger partial charge in [0.2, 0.25) is 9.86 Å². The normalized spacial score (nSPS) is 14.4. The second kappa shape index (κ2) is 5.81. The molecule has 0 aromatic heterocycles. The van der Waals surface area contributed by atoms with Gasteiger partial charge in [-0.1, -0.05) is 54.1 Å². The number of thiol groups is 1. The molecular formula is C14H11ClO4S2. The van der Waals surface area contributed by atoms with E-state index in [2.05, 4.69) is 12.6 Å². The van der Waals surface area contributed by atoms with E-state index in [4.69, 9.17) is 11.6 Å². The van der Waals surface area contributed by atoms with Crippen molar-refractivity contribution >= 4 is 40.1 Å². The number of hydrogen-bond donors (Lipinski definition) is 2. The standard InChI is InChI=1S/C14H11ClO4S2/c15-12-8-6-11(7-9-12)14(20,21(17,18)19)13(16)10-4-2-1-3-5-10/h1-9,20H,(H,17,18,19). The van der Waals surface area contributed by atoms with Crippen molar-refractivity contribution in [2.45, 2.75) is 4.08 Å². The van der Waals surface area contributed by atoms with Crippen LogP contribution in [-0.2, 0) is 14.2 Å². The summed E-state index contributed by atoms with van der Waals surface area (Å²) < 4.78 is 30.7. The molecule has 2 aromatic carbocycles. The van der Waals surface area contributed by atoms with E-state index in [-0.39, 0.29) is 11.1 Å². The van der Waals surface area contributed by atoms with E-state index in [0.717, 1.165) is 0 Å². The van der Waals surface area contributed by atoms with E-state index >= 15 is 0 Å². The molecule has 2 rings (SSSR count). The SMILES string of the molecule is O=C(c1ccccc1)C(S)(c1ccc(Cl)cc1)S(=O)(=O)O. The molecule has 0 aliphatic rings. The van der Waals surface area contributed by atoms with Crippen LogP contribution >= 0.6 is 24.2 Å². The summed E-state index contributed by atoms with van der Waals surface area (Å²) in [5.41, 5.74) is 0.145. The van der Waals surface area contributed by atoms with Crippen LogP contribution < -0.4 is 0 Å². The highest BCUT2D eigenvalue weighted by molar-refractivity contribution is 8.03. The highest BCUT2D eigenvalue weighted by Gasteiger charge is 2.48. The maximum Gasteiger partial charge on any atom is 0.292 e. The Morgan fingerprint density at radius 2 is 1.57 bits per heavy atom. The van der Waals surface area contributed by atoms with Gasteiger partial charge in [0.05, 0.1) is 0 Å². The number of carbonyl (C=O) groups excluding carboxylic acids is 1. The van der Waals surface area contributed by atoms with E-state index < -0.39 is 20.0 Å². The van der Waals surface area contributed by atoms with Crippen LogP contribution in [0.1, 0.15) is 15.9 Å². The Hall–Kier alpha value is -1.34. The molecule has 2 aromatic rings. The van der Waals surface area contributed by atoms with E-state index in [1.165, 1.54) is 36.4 Å². The molecule has 0 amide bonds. The van der Waals surface area contributed by atoms with Gasteiger partial charge in [-0.2, -0.15) is 8.42 Å². The van der Waals surface area contributed by atoms with Gasteiger partial charge >= 0.3 is 0 Å². The molecule has 0 aliphatic heterocycles. The third-order valence-corrected chi connectivity index (χ3v) is 5.53. The minimum absolute atomic E-state index is 0.0200. The summed E-state index contributed by atoms with van der Waals surface area (Å²) in [4.78, 5) is 12.6. The van der Waals surface area contributed by atoms with Crippen molar-refractivity contribution in [3.05, 3.63) is 70.7 Å². The predicted octanol–water partition coefficient (Wildman–Crippen LogP) is 3.19. The summed E-state index contributed by atoms with van der Waals surface area (Å²) in [6.45, 7) is 0. The average Bonchev–Trinajstić information content (AvgIpc) is 2.46. The van der Waals surface area contributed by atoms with Gasteiger partial charge in [-0.15, -0.1) is 12.6 Å². The van der Waals surface area contributed by atoms with Crippen molar-refractivity contribution in [3.8, 4) is 0 Å². The number of hydrogen-bond acceptors (Lipinski definition) is 4. The number of carbonyl (C=O) groups is 1. The maximum absolute atomic E-state index is 12.6. The Labute approximate surface area is 132 Å². The lowest BCUT2D eigenvalue weighted by molar-refractivity contribution is 0.0972. The van der Waals surface area contributed by atoms with Crippen molar-refractivity contribution in [3.63, 3.8) is 0 Å². The van der Waals surface area contributed by atoms with Crippen molar-refractivity contribution in [1.29, 1.82) is 0 Å². The van der Waals surface area contributed by atoms with Crippen molar-refractivity contribution in [2.75, 3.05) is 0 Å². The highest BCUT2D eigenvalue weighted by Crippen LogP contribution is 2.38.